The van der Waals surface area contributed by atoms with Crippen molar-refractivity contribution < 1.29 is 0 Å². The van der Waals surface area contributed by atoms with Gasteiger partial charge >= 0.3 is 0 Å². The van der Waals surface area contributed by atoms with E-state index in [-0.39, 0.29) is 0 Å². The van der Waals surface area contributed by atoms with Crippen LogP contribution in [0.15, 0.2) is 42.0 Å². The van der Waals surface area contributed by atoms with Crippen molar-refractivity contribution in [2.75, 3.05) is 0 Å². The van der Waals surface area contributed by atoms with Crippen molar-refractivity contribution in [1.82, 2.24) is 0 Å². The van der Waals surface area contributed by atoms with Crippen LogP contribution in [0, 0.1) is 6.92 Å². The summed E-state index contributed by atoms with van der Waals surface area (Å²) in [6, 6.07) is 8.68. The molecular formula is C17H22. The predicted molar refractivity (Wildman–Crippen MR) is 76.0 cm³/mol. The van der Waals surface area contributed by atoms with E-state index in [0.29, 0.717) is 0 Å². The number of allylic oxidation sites excluding steroid dienone is 3. The molecule has 0 heterocycles. The maximum atomic E-state index is 2.42. The fraction of sp³-hybridized carbons (Fsp3) is 0.412. The van der Waals surface area contributed by atoms with Crippen LogP contribution in [0.1, 0.15) is 49.7 Å². The Bertz CT molecular complexity index is 410. The summed E-state index contributed by atoms with van der Waals surface area (Å²) in [7, 11) is 0. The highest BCUT2D eigenvalue weighted by Gasteiger charge is 1.98. The Hall–Kier alpha value is -1.30. The van der Waals surface area contributed by atoms with E-state index in [2.05, 4.69) is 49.4 Å². The fourth-order valence-corrected chi connectivity index (χ4v) is 2.34. The van der Waals surface area contributed by atoms with Gasteiger partial charge in [-0.25, -0.2) is 0 Å². The van der Waals surface area contributed by atoms with Crippen LogP contribution in [-0.2, 0) is 0 Å². The molecule has 0 N–H and O–H groups in total. The highest BCUT2D eigenvalue weighted by Crippen LogP contribution is 2.19. The summed E-state index contributed by atoms with van der Waals surface area (Å²) in [4.78, 5) is 0. The minimum atomic E-state index is 1.25. The molecule has 2 rings (SSSR count). The largest absolute Gasteiger partial charge is 0.0813 e. The second-order valence-corrected chi connectivity index (χ2v) is 4.98. The van der Waals surface area contributed by atoms with Crippen LogP contribution in [0.5, 0.6) is 0 Å². The molecule has 0 atom stereocenters. The van der Waals surface area contributed by atoms with E-state index < -0.39 is 0 Å². The molecule has 0 nitrogen and oxygen atoms in total. The van der Waals surface area contributed by atoms with Gasteiger partial charge in [-0.3, -0.25) is 0 Å². The number of rotatable bonds is 2. The van der Waals surface area contributed by atoms with Gasteiger partial charge in [-0.1, -0.05) is 66.5 Å². The summed E-state index contributed by atoms with van der Waals surface area (Å²) in [6.45, 7) is 2.15. The van der Waals surface area contributed by atoms with E-state index in [9.17, 15) is 0 Å². The average Bonchev–Trinajstić information content (AvgIpc) is 2.27. The Labute approximate surface area is 105 Å². The molecule has 0 unspecified atom stereocenters. The van der Waals surface area contributed by atoms with E-state index in [4.69, 9.17) is 0 Å². The van der Waals surface area contributed by atoms with Crippen LogP contribution in [0.4, 0.5) is 0 Å². The summed E-state index contributed by atoms with van der Waals surface area (Å²) < 4.78 is 0. The van der Waals surface area contributed by atoms with Gasteiger partial charge in [0.05, 0.1) is 0 Å². The molecule has 0 fully saturated rings. The van der Waals surface area contributed by atoms with E-state index in [1.54, 1.807) is 0 Å². The molecule has 0 spiro atoms. The Balaban J connectivity index is 2.03. The van der Waals surface area contributed by atoms with Gasteiger partial charge in [-0.2, -0.15) is 0 Å². The maximum absolute atomic E-state index is 2.42. The van der Waals surface area contributed by atoms with Crippen molar-refractivity contribution >= 4 is 6.08 Å². The summed E-state index contributed by atoms with van der Waals surface area (Å²) >= 11 is 0. The number of benzene rings is 1. The van der Waals surface area contributed by atoms with Gasteiger partial charge in [0.1, 0.15) is 0 Å². The molecule has 0 aromatic heterocycles. The number of aryl methyl sites for hydroxylation is 1. The van der Waals surface area contributed by atoms with Gasteiger partial charge in [0.25, 0.3) is 0 Å². The normalized spacial score (nSPS) is 20.6. The Kier molecular flexibility index (Phi) is 4.61. The van der Waals surface area contributed by atoms with Crippen molar-refractivity contribution in [3.05, 3.63) is 53.1 Å². The molecule has 0 heteroatoms. The molecule has 0 amide bonds. The Morgan fingerprint density at radius 1 is 1.00 bits per heavy atom. The third-order valence-corrected chi connectivity index (χ3v) is 3.36. The molecule has 1 aromatic rings. The topological polar surface area (TPSA) is 0 Å². The lowest BCUT2D eigenvalue weighted by Gasteiger charge is -2.07. The summed E-state index contributed by atoms with van der Waals surface area (Å²) in [5.41, 5.74) is 4.16. The molecule has 0 bridgehead atoms. The van der Waals surface area contributed by atoms with Crippen LogP contribution in [0.3, 0.4) is 0 Å². The predicted octanol–water partition coefficient (Wildman–Crippen LogP) is 5.29. The third-order valence-electron chi connectivity index (χ3n) is 3.36. The molecule has 1 aliphatic rings. The molecular weight excluding hydrogens is 204 g/mol. The monoisotopic (exact) mass is 226 g/mol. The van der Waals surface area contributed by atoms with Gasteiger partial charge in [0, 0.05) is 0 Å². The Morgan fingerprint density at radius 2 is 1.88 bits per heavy atom. The van der Waals surface area contributed by atoms with Crippen molar-refractivity contribution in [3.63, 3.8) is 0 Å². The molecule has 90 valence electrons. The first-order valence-electron chi connectivity index (χ1n) is 6.78. The minimum absolute atomic E-state index is 1.25. The highest BCUT2D eigenvalue weighted by molar-refractivity contribution is 5.53. The first kappa shape index (κ1) is 12.2. The highest BCUT2D eigenvalue weighted by atomic mass is 14.0. The average molecular weight is 226 g/mol. The smallest absolute Gasteiger partial charge is 0.0254 e. The lowest BCUT2D eigenvalue weighted by molar-refractivity contribution is 0.630. The summed E-state index contributed by atoms with van der Waals surface area (Å²) in [5.74, 6) is 0. The lowest BCUT2D eigenvalue weighted by Crippen LogP contribution is -1.87. The second kappa shape index (κ2) is 6.44. The van der Waals surface area contributed by atoms with Gasteiger partial charge in [-0.15, -0.1) is 0 Å². The van der Waals surface area contributed by atoms with E-state index >= 15 is 0 Å². The van der Waals surface area contributed by atoms with Crippen molar-refractivity contribution in [3.8, 4) is 0 Å². The SMILES string of the molecule is Cc1cccc(/C=C/C2=C/CCCCCC2)c1. The third kappa shape index (κ3) is 4.22. The zero-order chi connectivity index (χ0) is 11.9. The van der Waals surface area contributed by atoms with Crippen LogP contribution in [0.25, 0.3) is 6.08 Å². The van der Waals surface area contributed by atoms with Gasteiger partial charge < -0.3 is 0 Å². The van der Waals surface area contributed by atoms with Gasteiger partial charge in [0.15, 0.2) is 0 Å². The first-order chi connectivity index (χ1) is 8.34. The molecule has 0 saturated heterocycles. The van der Waals surface area contributed by atoms with E-state index in [1.165, 1.54) is 55.2 Å². The lowest BCUT2D eigenvalue weighted by atomic mass is 9.99. The molecule has 1 aromatic carbocycles. The number of hydrogen-bond donors (Lipinski definition) is 0. The van der Waals surface area contributed by atoms with E-state index in [1.807, 2.05) is 0 Å². The van der Waals surface area contributed by atoms with Crippen LogP contribution in [-0.4, -0.2) is 0 Å². The quantitative estimate of drug-likeness (QED) is 0.643. The number of hydrogen-bond acceptors (Lipinski definition) is 0. The summed E-state index contributed by atoms with van der Waals surface area (Å²) in [5, 5.41) is 0. The Morgan fingerprint density at radius 3 is 2.76 bits per heavy atom. The van der Waals surface area contributed by atoms with Crippen LogP contribution < -0.4 is 0 Å². The molecule has 1 aliphatic carbocycles. The van der Waals surface area contributed by atoms with Gasteiger partial charge in [-0.05, 0) is 38.2 Å². The molecule has 0 aliphatic heterocycles. The second-order valence-electron chi connectivity index (χ2n) is 4.98. The van der Waals surface area contributed by atoms with Gasteiger partial charge in [0.2, 0.25) is 0 Å². The zero-order valence-corrected chi connectivity index (χ0v) is 10.8. The van der Waals surface area contributed by atoms with Crippen LogP contribution >= 0.6 is 0 Å². The van der Waals surface area contributed by atoms with Crippen molar-refractivity contribution in [2.24, 2.45) is 0 Å². The fourth-order valence-electron chi connectivity index (χ4n) is 2.34. The standard InChI is InChI=1S/C17H22/c1-15-8-7-11-17(14-15)13-12-16-9-5-3-2-4-6-10-16/h7-9,11-14H,2-6,10H2,1H3/b13-12+,16-9+. The van der Waals surface area contributed by atoms with Crippen LogP contribution in [0.2, 0.25) is 0 Å². The minimum Gasteiger partial charge on any atom is -0.0813 e. The van der Waals surface area contributed by atoms with Crippen molar-refractivity contribution in [1.29, 1.82) is 0 Å². The maximum Gasteiger partial charge on any atom is -0.0254 e. The zero-order valence-electron chi connectivity index (χ0n) is 10.8. The first-order valence-corrected chi connectivity index (χ1v) is 6.78. The van der Waals surface area contributed by atoms with Crippen molar-refractivity contribution in [2.45, 2.75) is 45.4 Å². The van der Waals surface area contributed by atoms with E-state index in [0.717, 1.165) is 0 Å². The molecule has 0 radical (unpaired) electrons. The summed E-state index contributed by atoms with van der Waals surface area (Å²) in [6.07, 6.45) is 15.0. The molecule has 17 heavy (non-hydrogen) atoms. The molecule has 0 saturated carbocycles.